The predicted octanol–water partition coefficient (Wildman–Crippen LogP) is 2.71. The minimum atomic E-state index is -0.861. The maximum atomic E-state index is 11.9. The molecule has 0 bridgehead atoms. The highest BCUT2D eigenvalue weighted by molar-refractivity contribution is 5.90. The number of benzene rings is 1. The molecule has 136 valence electrons. The van der Waals surface area contributed by atoms with Crippen molar-refractivity contribution in [3.05, 3.63) is 29.8 Å². The fourth-order valence-corrected chi connectivity index (χ4v) is 2.19. The van der Waals surface area contributed by atoms with Crippen LogP contribution in [0.5, 0.6) is 11.5 Å². The zero-order valence-electron chi connectivity index (χ0n) is 15.1. The normalized spacial score (nSPS) is 15.4. The summed E-state index contributed by atoms with van der Waals surface area (Å²) in [5, 5.41) is 2.77. The first-order chi connectivity index (χ1) is 11.7. The maximum Gasteiger partial charge on any atom is 0.331 e. The van der Waals surface area contributed by atoms with Gasteiger partial charge >= 0.3 is 5.97 Å². The molecule has 0 spiro atoms. The second-order valence-electron chi connectivity index (χ2n) is 6.91. The molecule has 1 heterocycles. The standard InChI is InChI=1S/C19H25NO5/c1-13(18(22)20-19(2,3)4)25-17(21)9-7-14-6-8-15-16(12-14)24-11-5-10-23-15/h6-9,12-13H,5,10-11H2,1-4H3,(H,20,22)/b9-7+/t13-/m0/s1. The van der Waals surface area contributed by atoms with Gasteiger partial charge in [-0.25, -0.2) is 4.79 Å². The van der Waals surface area contributed by atoms with E-state index in [1.807, 2.05) is 32.9 Å². The molecule has 1 aromatic rings. The Labute approximate surface area is 148 Å². The number of rotatable bonds is 4. The summed E-state index contributed by atoms with van der Waals surface area (Å²) >= 11 is 0. The molecule has 1 aromatic carbocycles. The molecule has 1 aliphatic rings. The van der Waals surface area contributed by atoms with Crippen LogP contribution in [0.2, 0.25) is 0 Å². The largest absolute Gasteiger partial charge is 0.490 e. The van der Waals surface area contributed by atoms with Gasteiger partial charge in [0.1, 0.15) is 0 Å². The molecule has 1 aliphatic heterocycles. The van der Waals surface area contributed by atoms with Crippen molar-refractivity contribution >= 4 is 18.0 Å². The van der Waals surface area contributed by atoms with Gasteiger partial charge in [0.2, 0.25) is 0 Å². The van der Waals surface area contributed by atoms with Crippen LogP contribution in [0.1, 0.15) is 39.7 Å². The molecule has 0 radical (unpaired) electrons. The van der Waals surface area contributed by atoms with Crippen LogP contribution in [0.25, 0.3) is 6.08 Å². The van der Waals surface area contributed by atoms with E-state index in [4.69, 9.17) is 14.2 Å². The van der Waals surface area contributed by atoms with Crippen LogP contribution < -0.4 is 14.8 Å². The van der Waals surface area contributed by atoms with Gasteiger partial charge in [0.05, 0.1) is 13.2 Å². The summed E-state index contributed by atoms with van der Waals surface area (Å²) in [7, 11) is 0. The monoisotopic (exact) mass is 347 g/mol. The second kappa shape index (κ2) is 8.05. The van der Waals surface area contributed by atoms with Gasteiger partial charge in [-0.1, -0.05) is 6.07 Å². The first-order valence-electron chi connectivity index (χ1n) is 8.35. The number of fused-ring (bicyclic) bond motifs is 1. The Morgan fingerprint density at radius 1 is 1.20 bits per heavy atom. The smallest absolute Gasteiger partial charge is 0.331 e. The van der Waals surface area contributed by atoms with E-state index in [9.17, 15) is 9.59 Å². The molecule has 0 saturated carbocycles. The molecule has 6 nitrogen and oxygen atoms in total. The van der Waals surface area contributed by atoms with E-state index >= 15 is 0 Å². The topological polar surface area (TPSA) is 73.9 Å². The maximum absolute atomic E-state index is 11.9. The molecule has 0 fully saturated rings. The Morgan fingerprint density at radius 3 is 2.56 bits per heavy atom. The summed E-state index contributed by atoms with van der Waals surface area (Å²) in [4.78, 5) is 23.8. The first-order valence-corrected chi connectivity index (χ1v) is 8.35. The number of ether oxygens (including phenoxy) is 3. The number of carbonyl (C=O) groups is 2. The molecule has 0 unspecified atom stereocenters. The van der Waals surface area contributed by atoms with Crippen molar-refractivity contribution in [3.8, 4) is 11.5 Å². The lowest BCUT2D eigenvalue weighted by molar-refractivity contribution is -0.150. The van der Waals surface area contributed by atoms with Crippen LogP contribution in [-0.2, 0) is 14.3 Å². The number of esters is 1. The number of hydrogen-bond acceptors (Lipinski definition) is 5. The van der Waals surface area contributed by atoms with Crippen molar-refractivity contribution < 1.29 is 23.8 Å². The zero-order chi connectivity index (χ0) is 18.4. The number of hydrogen-bond donors (Lipinski definition) is 1. The molecule has 1 N–H and O–H groups in total. The lowest BCUT2D eigenvalue weighted by atomic mass is 10.1. The molecule has 1 amide bonds. The van der Waals surface area contributed by atoms with E-state index in [-0.39, 0.29) is 11.4 Å². The number of amides is 1. The van der Waals surface area contributed by atoms with Crippen LogP contribution in [0, 0.1) is 0 Å². The Hall–Kier alpha value is -2.50. The van der Waals surface area contributed by atoms with Gasteiger partial charge in [0.25, 0.3) is 5.91 Å². The molecule has 6 heteroatoms. The Kier molecular flexibility index (Phi) is 6.07. The quantitative estimate of drug-likeness (QED) is 0.670. The fraction of sp³-hybridized carbons (Fsp3) is 0.474. The van der Waals surface area contributed by atoms with Crippen LogP contribution in [0.3, 0.4) is 0 Å². The van der Waals surface area contributed by atoms with E-state index in [2.05, 4.69) is 5.32 Å². The third-order valence-electron chi connectivity index (χ3n) is 3.34. The van der Waals surface area contributed by atoms with E-state index in [1.165, 1.54) is 6.08 Å². The third kappa shape index (κ3) is 6.14. The van der Waals surface area contributed by atoms with Crippen LogP contribution in [0.4, 0.5) is 0 Å². The second-order valence-corrected chi connectivity index (χ2v) is 6.91. The van der Waals surface area contributed by atoms with Crippen molar-refractivity contribution in [1.29, 1.82) is 0 Å². The van der Waals surface area contributed by atoms with Gasteiger partial charge in [0.15, 0.2) is 17.6 Å². The lowest BCUT2D eigenvalue weighted by Gasteiger charge is -2.22. The van der Waals surface area contributed by atoms with Gasteiger partial charge in [-0.15, -0.1) is 0 Å². The molecule has 0 saturated heterocycles. The average Bonchev–Trinajstić information content (AvgIpc) is 2.76. The molecule has 0 aromatic heterocycles. The Bertz CT molecular complexity index is 660. The predicted molar refractivity (Wildman–Crippen MR) is 94.5 cm³/mol. The Morgan fingerprint density at radius 2 is 1.88 bits per heavy atom. The minimum Gasteiger partial charge on any atom is -0.490 e. The summed E-state index contributed by atoms with van der Waals surface area (Å²) in [6.45, 7) is 8.36. The SMILES string of the molecule is C[C@H](OC(=O)/C=C/c1ccc2c(c1)OCCCO2)C(=O)NC(C)(C)C. The molecule has 0 aliphatic carbocycles. The van der Waals surface area contributed by atoms with E-state index in [0.717, 1.165) is 12.0 Å². The lowest BCUT2D eigenvalue weighted by Crippen LogP contribution is -2.46. The van der Waals surface area contributed by atoms with Gasteiger partial charge in [-0.3, -0.25) is 4.79 Å². The summed E-state index contributed by atoms with van der Waals surface area (Å²) in [5.74, 6) is 0.448. The molecular weight excluding hydrogens is 322 g/mol. The number of carbonyl (C=O) groups excluding carboxylic acids is 2. The summed E-state index contributed by atoms with van der Waals surface area (Å²) < 4.78 is 16.3. The molecular formula is C19H25NO5. The highest BCUT2D eigenvalue weighted by Gasteiger charge is 2.21. The molecule has 1 atom stereocenters. The third-order valence-corrected chi connectivity index (χ3v) is 3.34. The van der Waals surface area contributed by atoms with Gasteiger partial charge in [-0.05, 0) is 51.5 Å². The van der Waals surface area contributed by atoms with Crippen LogP contribution >= 0.6 is 0 Å². The van der Waals surface area contributed by atoms with E-state index in [0.29, 0.717) is 24.7 Å². The van der Waals surface area contributed by atoms with E-state index in [1.54, 1.807) is 19.1 Å². The first kappa shape index (κ1) is 18.8. The van der Waals surface area contributed by atoms with Crippen LogP contribution in [0.15, 0.2) is 24.3 Å². The van der Waals surface area contributed by atoms with Gasteiger partial charge < -0.3 is 19.5 Å². The molecule has 25 heavy (non-hydrogen) atoms. The van der Waals surface area contributed by atoms with Crippen molar-refractivity contribution in [1.82, 2.24) is 5.32 Å². The van der Waals surface area contributed by atoms with Crippen LogP contribution in [-0.4, -0.2) is 36.7 Å². The number of nitrogens with one attached hydrogen (secondary N) is 1. The average molecular weight is 347 g/mol. The summed E-state index contributed by atoms with van der Waals surface area (Å²) in [5.41, 5.74) is 0.408. The van der Waals surface area contributed by atoms with E-state index < -0.39 is 12.1 Å². The Balaban J connectivity index is 1.94. The summed E-state index contributed by atoms with van der Waals surface area (Å²) in [6.07, 6.45) is 2.88. The van der Waals surface area contributed by atoms with Crippen molar-refractivity contribution in [2.45, 2.75) is 45.8 Å². The highest BCUT2D eigenvalue weighted by Crippen LogP contribution is 2.30. The highest BCUT2D eigenvalue weighted by atomic mass is 16.5. The van der Waals surface area contributed by atoms with Crippen molar-refractivity contribution in [2.24, 2.45) is 0 Å². The van der Waals surface area contributed by atoms with Gasteiger partial charge in [0, 0.05) is 18.0 Å². The van der Waals surface area contributed by atoms with Crippen molar-refractivity contribution in [2.75, 3.05) is 13.2 Å². The summed E-state index contributed by atoms with van der Waals surface area (Å²) in [6, 6.07) is 5.44. The van der Waals surface area contributed by atoms with Gasteiger partial charge in [-0.2, -0.15) is 0 Å². The minimum absolute atomic E-state index is 0.329. The molecule has 2 rings (SSSR count). The zero-order valence-corrected chi connectivity index (χ0v) is 15.1. The van der Waals surface area contributed by atoms with Crippen molar-refractivity contribution in [3.63, 3.8) is 0 Å². The fourth-order valence-electron chi connectivity index (χ4n) is 2.19.